The number of aryl methyl sites for hydroxylation is 1. The van der Waals surface area contributed by atoms with Gasteiger partial charge in [-0.1, -0.05) is 12.1 Å². The van der Waals surface area contributed by atoms with Crippen LogP contribution in [-0.4, -0.2) is 40.9 Å². The summed E-state index contributed by atoms with van der Waals surface area (Å²) in [5.74, 6) is 0.988. The van der Waals surface area contributed by atoms with Gasteiger partial charge in [-0.15, -0.1) is 0 Å². The molecule has 0 spiro atoms. The first kappa shape index (κ1) is 18.3. The Labute approximate surface area is 163 Å². The van der Waals surface area contributed by atoms with Crippen molar-refractivity contribution in [3.05, 3.63) is 41.6 Å². The smallest absolute Gasteiger partial charge is 0.259 e. The number of aromatic nitrogens is 3. The van der Waals surface area contributed by atoms with Crippen LogP contribution in [0.5, 0.6) is 11.6 Å². The number of fused-ring (bicyclic) bond motifs is 2. The molecule has 1 aromatic carbocycles. The average Bonchev–Trinajstić information content (AvgIpc) is 3.03. The van der Waals surface area contributed by atoms with Crippen LogP contribution in [0.4, 0.5) is 5.69 Å². The molecule has 0 bridgehead atoms. The van der Waals surface area contributed by atoms with Crippen LogP contribution in [0.25, 0.3) is 11.0 Å². The van der Waals surface area contributed by atoms with Gasteiger partial charge in [-0.2, -0.15) is 10.1 Å². The van der Waals surface area contributed by atoms with Crippen molar-refractivity contribution in [2.45, 2.75) is 33.2 Å². The molecule has 0 atom stereocenters. The first-order chi connectivity index (χ1) is 13.3. The second-order valence-corrected chi connectivity index (χ2v) is 7.85. The molecule has 2 aromatic heterocycles. The number of ether oxygens (including phenoxy) is 2. The van der Waals surface area contributed by atoms with Crippen molar-refractivity contribution in [3.63, 3.8) is 0 Å². The fourth-order valence-electron chi connectivity index (χ4n) is 3.53. The number of hydrogen-bond donors (Lipinski definition) is 0. The molecule has 4 rings (SSSR count). The predicted octanol–water partition coefficient (Wildman–Crippen LogP) is 3.54. The number of para-hydroxylation sites is 2. The lowest BCUT2D eigenvalue weighted by molar-refractivity contribution is 0.0977. The maximum Gasteiger partial charge on any atom is 0.259 e. The zero-order valence-electron chi connectivity index (χ0n) is 16.8. The molecule has 1 aliphatic rings. The summed E-state index contributed by atoms with van der Waals surface area (Å²) in [4.78, 5) is 20.0. The summed E-state index contributed by atoms with van der Waals surface area (Å²) in [7, 11) is 1.55. The highest BCUT2D eigenvalue weighted by Gasteiger charge is 2.30. The van der Waals surface area contributed by atoms with Crippen LogP contribution in [0.15, 0.2) is 30.3 Å². The van der Waals surface area contributed by atoms with E-state index < -0.39 is 0 Å². The van der Waals surface area contributed by atoms with Crippen LogP contribution in [0.3, 0.4) is 0 Å². The lowest BCUT2D eigenvalue weighted by Gasteiger charge is -2.29. The Morgan fingerprint density at radius 3 is 2.71 bits per heavy atom. The number of benzene rings is 1. The van der Waals surface area contributed by atoms with Gasteiger partial charge in [0.1, 0.15) is 12.4 Å². The second-order valence-electron chi connectivity index (χ2n) is 7.85. The number of pyridine rings is 1. The molecule has 0 saturated heterocycles. The molecule has 0 N–H and O–H groups in total. The molecule has 1 amide bonds. The van der Waals surface area contributed by atoms with Crippen LogP contribution in [0.2, 0.25) is 0 Å². The highest BCUT2D eigenvalue weighted by Crippen LogP contribution is 2.35. The van der Waals surface area contributed by atoms with Crippen LogP contribution >= 0.6 is 0 Å². The zero-order chi connectivity index (χ0) is 20.1. The number of hydrogen-bond acceptors (Lipinski definition) is 5. The maximum absolute atomic E-state index is 13.6. The molecule has 3 aromatic rings. The first-order valence-corrected chi connectivity index (χ1v) is 9.30. The van der Waals surface area contributed by atoms with Crippen LogP contribution in [-0.2, 0) is 5.54 Å². The molecule has 7 nitrogen and oxygen atoms in total. The van der Waals surface area contributed by atoms with Crippen molar-refractivity contribution in [2.75, 3.05) is 25.2 Å². The quantitative estimate of drug-likeness (QED) is 0.680. The molecule has 28 heavy (non-hydrogen) atoms. The van der Waals surface area contributed by atoms with E-state index in [1.165, 1.54) is 0 Å². The highest BCUT2D eigenvalue weighted by atomic mass is 16.5. The van der Waals surface area contributed by atoms with E-state index in [9.17, 15) is 4.79 Å². The van der Waals surface area contributed by atoms with E-state index in [2.05, 4.69) is 30.9 Å². The summed E-state index contributed by atoms with van der Waals surface area (Å²) in [6, 6.07) is 9.27. The number of nitrogens with zero attached hydrogens (tertiary/aromatic N) is 4. The monoisotopic (exact) mass is 380 g/mol. The van der Waals surface area contributed by atoms with Crippen molar-refractivity contribution in [1.29, 1.82) is 0 Å². The van der Waals surface area contributed by atoms with Gasteiger partial charge in [0, 0.05) is 6.07 Å². The molecular weight excluding hydrogens is 356 g/mol. The molecule has 1 aliphatic heterocycles. The predicted molar refractivity (Wildman–Crippen MR) is 107 cm³/mol. The fourth-order valence-corrected chi connectivity index (χ4v) is 3.53. The Hall–Kier alpha value is -3.09. The van der Waals surface area contributed by atoms with Gasteiger partial charge >= 0.3 is 0 Å². The van der Waals surface area contributed by atoms with Crippen molar-refractivity contribution in [1.82, 2.24) is 14.8 Å². The molecular formula is C21H24N4O3. The van der Waals surface area contributed by atoms with Crippen molar-refractivity contribution >= 4 is 22.6 Å². The third kappa shape index (κ3) is 2.87. The number of amides is 1. The summed E-state index contributed by atoms with van der Waals surface area (Å²) >= 11 is 0. The second kappa shape index (κ2) is 6.51. The van der Waals surface area contributed by atoms with Crippen LogP contribution in [0, 0.1) is 6.92 Å². The minimum atomic E-state index is -0.280. The third-order valence-electron chi connectivity index (χ3n) is 4.84. The van der Waals surface area contributed by atoms with Crippen molar-refractivity contribution < 1.29 is 14.3 Å². The minimum Gasteiger partial charge on any atom is -0.490 e. The Morgan fingerprint density at radius 1 is 1.25 bits per heavy atom. The van der Waals surface area contributed by atoms with Gasteiger partial charge in [0.25, 0.3) is 5.91 Å². The van der Waals surface area contributed by atoms with Crippen LogP contribution < -0.4 is 14.4 Å². The summed E-state index contributed by atoms with van der Waals surface area (Å²) in [5.41, 5.74) is 2.44. The van der Waals surface area contributed by atoms with Gasteiger partial charge in [0.05, 0.1) is 41.5 Å². The normalized spacial score (nSPS) is 14.0. The topological polar surface area (TPSA) is 69.5 Å². The van der Waals surface area contributed by atoms with Gasteiger partial charge in [0.2, 0.25) is 5.88 Å². The largest absolute Gasteiger partial charge is 0.490 e. The Bertz CT molecular complexity index is 1070. The number of carbonyl (C=O) groups is 1. The zero-order valence-corrected chi connectivity index (χ0v) is 16.8. The van der Waals surface area contributed by atoms with E-state index in [-0.39, 0.29) is 11.4 Å². The summed E-state index contributed by atoms with van der Waals surface area (Å²) in [6.07, 6.45) is 0. The van der Waals surface area contributed by atoms with Crippen LogP contribution in [0.1, 0.15) is 36.8 Å². The Balaban J connectivity index is 1.92. The van der Waals surface area contributed by atoms with Crippen molar-refractivity contribution in [2.24, 2.45) is 0 Å². The standard InChI is InChI=1S/C21H24N4O3/c1-13-18-14(12-17(27-5)22-19(18)25(23-13)21(2,3)4)20(26)24-10-11-28-16-9-7-6-8-15(16)24/h6-9,12H,10-11H2,1-5H3. The average molecular weight is 380 g/mol. The molecule has 0 aliphatic carbocycles. The third-order valence-corrected chi connectivity index (χ3v) is 4.84. The Kier molecular flexibility index (Phi) is 4.25. The molecule has 0 unspecified atom stereocenters. The summed E-state index contributed by atoms with van der Waals surface area (Å²) in [5, 5.41) is 5.43. The molecule has 3 heterocycles. The van der Waals surface area contributed by atoms with E-state index in [1.807, 2.05) is 35.9 Å². The van der Waals surface area contributed by atoms with E-state index in [4.69, 9.17) is 9.47 Å². The fraction of sp³-hybridized carbons (Fsp3) is 0.381. The van der Waals surface area contributed by atoms with Gasteiger partial charge in [-0.3, -0.25) is 4.79 Å². The van der Waals surface area contributed by atoms with E-state index in [0.29, 0.717) is 36.0 Å². The lowest BCUT2D eigenvalue weighted by Crippen LogP contribution is -2.38. The SMILES string of the molecule is COc1cc(C(=O)N2CCOc3ccccc32)c2c(C)nn(C(C)(C)C)c2n1. The van der Waals surface area contributed by atoms with E-state index in [0.717, 1.165) is 16.8 Å². The molecule has 0 radical (unpaired) electrons. The number of methoxy groups -OCH3 is 1. The number of carbonyl (C=O) groups excluding carboxylic acids is 1. The van der Waals surface area contributed by atoms with Gasteiger partial charge in [-0.25, -0.2) is 4.68 Å². The molecule has 0 fully saturated rings. The summed E-state index contributed by atoms with van der Waals surface area (Å²) in [6.45, 7) is 9.00. The number of rotatable bonds is 2. The number of anilines is 1. The first-order valence-electron chi connectivity index (χ1n) is 9.30. The molecule has 0 saturated carbocycles. The summed E-state index contributed by atoms with van der Waals surface area (Å²) < 4.78 is 12.9. The highest BCUT2D eigenvalue weighted by molar-refractivity contribution is 6.14. The van der Waals surface area contributed by atoms with Gasteiger partial charge < -0.3 is 14.4 Å². The molecule has 7 heteroatoms. The minimum absolute atomic E-state index is 0.113. The lowest BCUT2D eigenvalue weighted by atomic mass is 10.1. The van der Waals surface area contributed by atoms with E-state index in [1.54, 1.807) is 18.1 Å². The van der Waals surface area contributed by atoms with Gasteiger partial charge in [-0.05, 0) is 39.8 Å². The molecule has 146 valence electrons. The van der Waals surface area contributed by atoms with Crippen molar-refractivity contribution in [3.8, 4) is 11.6 Å². The Morgan fingerprint density at radius 2 is 2.00 bits per heavy atom. The van der Waals surface area contributed by atoms with E-state index >= 15 is 0 Å². The maximum atomic E-state index is 13.6. The van der Waals surface area contributed by atoms with Gasteiger partial charge in [0.15, 0.2) is 5.65 Å².